The molecule has 1 aromatic heterocycles. The molecule has 0 fully saturated rings. The molecular weight excluding hydrogens is 619 g/mol. The molecule has 2 aromatic carbocycles. The van der Waals surface area contributed by atoms with E-state index in [4.69, 9.17) is 47.2 Å². The highest BCUT2D eigenvalue weighted by molar-refractivity contribution is 7.21. The molecule has 0 spiro atoms. The van der Waals surface area contributed by atoms with Crippen molar-refractivity contribution in [1.29, 1.82) is 0 Å². The van der Waals surface area contributed by atoms with Gasteiger partial charge >= 0.3 is 24.1 Å². The van der Waals surface area contributed by atoms with Gasteiger partial charge in [0, 0.05) is 26.2 Å². The molecule has 0 aliphatic carbocycles. The number of hydrogen-bond donors (Lipinski definition) is 3. The number of hydrogen-bond acceptors (Lipinski definition) is 9. The summed E-state index contributed by atoms with van der Waals surface area (Å²) < 4.78 is 76.3. The molecule has 228 valence electrons. The van der Waals surface area contributed by atoms with Crippen LogP contribution in [-0.2, 0) is 25.7 Å². The Hall–Kier alpha value is -4.02. The number of halogens is 6. The van der Waals surface area contributed by atoms with Crippen LogP contribution in [0.4, 0.5) is 22.0 Å². The largest absolute Gasteiger partial charge is 0.490 e. The van der Waals surface area contributed by atoms with Gasteiger partial charge in [-0.2, -0.15) is 13.2 Å². The number of nitrogens with two attached hydrogens (primary N) is 2. The van der Waals surface area contributed by atoms with Gasteiger partial charge in [-0.25, -0.2) is 18.4 Å². The SMILES string of the molecule is CC(C)[C@H](N)C(=O)OCOC(=O)c1sc2cccc(Cl)c2c1COc1c(F)cc(C(N)=O)cc1F.O=C(O)C(F)(F)F. The predicted molar refractivity (Wildman–Crippen MR) is 139 cm³/mol. The van der Waals surface area contributed by atoms with E-state index >= 15 is 0 Å². The van der Waals surface area contributed by atoms with Crippen LogP contribution in [0.3, 0.4) is 0 Å². The number of aliphatic carboxylic acids is 1. The normalized spacial score (nSPS) is 11.9. The second-order valence-corrected chi connectivity index (χ2v) is 9.99. The third-order valence-electron chi connectivity index (χ3n) is 5.22. The Morgan fingerprint density at radius 1 is 1.07 bits per heavy atom. The highest BCUT2D eigenvalue weighted by Crippen LogP contribution is 2.37. The summed E-state index contributed by atoms with van der Waals surface area (Å²) in [5.74, 6) is -8.61. The van der Waals surface area contributed by atoms with Crippen LogP contribution in [0, 0.1) is 17.6 Å². The quantitative estimate of drug-likeness (QED) is 0.169. The zero-order valence-corrected chi connectivity index (χ0v) is 23.2. The Morgan fingerprint density at radius 2 is 1.64 bits per heavy atom. The molecule has 0 aliphatic rings. The smallest absolute Gasteiger partial charge is 0.483 e. The molecule has 0 unspecified atom stereocenters. The lowest BCUT2D eigenvalue weighted by Crippen LogP contribution is -2.37. The average Bonchev–Trinajstić information content (AvgIpc) is 3.27. The molecule has 10 nitrogen and oxygen atoms in total. The van der Waals surface area contributed by atoms with Crippen LogP contribution in [0.5, 0.6) is 5.75 Å². The van der Waals surface area contributed by atoms with Crippen molar-refractivity contribution in [3.05, 3.63) is 63.0 Å². The molecule has 1 heterocycles. The zero-order chi connectivity index (χ0) is 31.9. The van der Waals surface area contributed by atoms with E-state index in [0.29, 0.717) is 10.1 Å². The number of ether oxygens (including phenoxy) is 3. The fraction of sp³-hybridized carbons (Fsp3) is 0.280. The van der Waals surface area contributed by atoms with Crippen LogP contribution in [0.2, 0.25) is 5.02 Å². The van der Waals surface area contributed by atoms with E-state index in [9.17, 15) is 36.3 Å². The van der Waals surface area contributed by atoms with Gasteiger partial charge in [-0.05, 0) is 30.2 Å². The van der Waals surface area contributed by atoms with Gasteiger partial charge < -0.3 is 30.8 Å². The van der Waals surface area contributed by atoms with Crippen molar-refractivity contribution in [3.63, 3.8) is 0 Å². The highest BCUT2D eigenvalue weighted by atomic mass is 35.5. The Balaban J connectivity index is 0.000000782. The first-order valence-corrected chi connectivity index (χ1v) is 12.7. The van der Waals surface area contributed by atoms with E-state index in [2.05, 4.69) is 0 Å². The van der Waals surface area contributed by atoms with Crippen LogP contribution in [-0.4, -0.2) is 47.9 Å². The van der Waals surface area contributed by atoms with Gasteiger partial charge in [0.05, 0.1) is 0 Å². The summed E-state index contributed by atoms with van der Waals surface area (Å²) >= 11 is 7.32. The zero-order valence-electron chi connectivity index (χ0n) is 21.6. The summed E-state index contributed by atoms with van der Waals surface area (Å²) in [4.78, 5) is 44.8. The minimum absolute atomic E-state index is 0.0341. The van der Waals surface area contributed by atoms with Crippen LogP contribution in [0.15, 0.2) is 30.3 Å². The molecule has 0 saturated carbocycles. The van der Waals surface area contributed by atoms with Gasteiger partial charge in [0.15, 0.2) is 17.4 Å². The van der Waals surface area contributed by atoms with E-state index in [1.54, 1.807) is 32.0 Å². The van der Waals surface area contributed by atoms with Crippen LogP contribution in [0.25, 0.3) is 10.1 Å². The van der Waals surface area contributed by atoms with E-state index in [1.165, 1.54) is 0 Å². The lowest BCUT2D eigenvalue weighted by Gasteiger charge is -2.14. The average molecular weight is 641 g/mol. The second-order valence-electron chi connectivity index (χ2n) is 8.53. The molecule has 0 aliphatic heterocycles. The van der Waals surface area contributed by atoms with Gasteiger partial charge in [0.2, 0.25) is 12.7 Å². The standard InChI is InChI=1S/C23H21ClF2N2O6S.C2HF3O2/c1-10(2)18(27)22(30)33-9-34-23(31)20-12(17-13(24)4-3-5-16(17)35-20)8-32-19-14(25)6-11(21(28)29)7-15(19)26;3-2(4,5)1(6)7/h3-7,10,18H,8-9,27H2,1-2H3,(H2,28,29);(H,6,7)/t18-;/m0./s1. The summed E-state index contributed by atoms with van der Waals surface area (Å²) in [7, 11) is 0. The van der Waals surface area contributed by atoms with Crippen molar-refractivity contribution < 1.29 is 60.4 Å². The van der Waals surface area contributed by atoms with Gasteiger partial charge in [-0.1, -0.05) is 31.5 Å². The summed E-state index contributed by atoms with van der Waals surface area (Å²) in [5.41, 5.74) is 10.6. The van der Waals surface area contributed by atoms with Gasteiger partial charge in [0.25, 0.3) is 0 Å². The Kier molecular flexibility index (Phi) is 11.6. The molecule has 3 aromatic rings. The van der Waals surface area contributed by atoms with E-state index in [1.807, 2.05) is 0 Å². The van der Waals surface area contributed by atoms with E-state index in [0.717, 1.165) is 23.5 Å². The first kappa shape index (κ1) is 34.2. The fourth-order valence-electron chi connectivity index (χ4n) is 3.03. The number of amides is 1. The molecule has 17 heteroatoms. The maximum Gasteiger partial charge on any atom is 0.490 e. The molecular formula is C25H22ClF5N2O8S. The first-order valence-electron chi connectivity index (χ1n) is 11.5. The van der Waals surface area contributed by atoms with Gasteiger partial charge in [-0.15, -0.1) is 11.3 Å². The van der Waals surface area contributed by atoms with Crippen molar-refractivity contribution in [2.75, 3.05) is 6.79 Å². The summed E-state index contributed by atoms with van der Waals surface area (Å²) in [6.07, 6.45) is -5.08. The molecule has 42 heavy (non-hydrogen) atoms. The molecule has 1 amide bonds. The van der Waals surface area contributed by atoms with E-state index < -0.39 is 66.8 Å². The summed E-state index contributed by atoms with van der Waals surface area (Å²) in [5, 5.41) is 7.83. The molecule has 1 atom stereocenters. The van der Waals surface area contributed by atoms with Gasteiger partial charge in [-0.3, -0.25) is 9.59 Å². The number of primary amides is 1. The Bertz CT molecular complexity index is 1470. The predicted octanol–water partition coefficient (Wildman–Crippen LogP) is 4.78. The summed E-state index contributed by atoms with van der Waals surface area (Å²) in [6.45, 7) is 2.32. The van der Waals surface area contributed by atoms with Crippen molar-refractivity contribution >= 4 is 56.8 Å². The number of thiophene rings is 1. The van der Waals surface area contributed by atoms with Gasteiger partial charge in [0.1, 0.15) is 17.5 Å². The molecule has 0 radical (unpaired) electrons. The van der Waals surface area contributed by atoms with Crippen molar-refractivity contribution in [1.82, 2.24) is 0 Å². The number of alkyl halides is 3. The van der Waals surface area contributed by atoms with Crippen LogP contribution < -0.4 is 16.2 Å². The second kappa shape index (κ2) is 14.2. The highest BCUT2D eigenvalue weighted by Gasteiger charge is 2.38. The molecule has 3 rings (SSSR count). The number of esters is 2. The molecule has 0 saturated heterocycles. The van der Waals surface area contributed by atoms with Crippen molar-refractivity contribution in [2.45, 2.75) is 32.7 Å². The van der Waals surface area contributed by atoms with Crippen LogP contribution in [0.1, 0.15) is 39.4 Å². The maximum atomic E-state index is 14.4. The number of fused-ring (bicyclic) bond motifs is 1. The number of carboxylic acids is 1. The first-order chi connectivity index (χ1) is 19.4. The maximum absolute atomic E-state index is 14.4. The molecule has 0 bridgehead atoms. The topological polar surface area (TPSA) is 168 Å². The number of carboxylic acid groups (broad SMARTS) is 1. The minimum atomic E-state index is -5.08. The van der Waals surface area contributed by atoms with Crippen LogP contribution >= 0.6 is 22.9 Å². The lowest BCUT2D eigenvalue weighted by atomic mass is 10.1. The number of benzene rings is 2. The van der Waals surface area contributed by atoms with Crippen molar-refractivity contribution in [2.24, 2.45) is 17.4 Å². The van der Waals surface area contributed by atoms with E-state index in [-0.39, 0.29) is 26.9 Å². The third kappa shape index (κ3) is 8.74. The fourth-order valence-corrected chi connectivity index (χ4v) is 4.50. The minimum Gasteiger partial charge on any atom is -0.483 e. The third-order valence-corrected chi connectivity index (χ3v) is 6.71. The van der Waals surface area contributed by atoms with Crippen molar-refractivity contribution in [3.8, 4) is 5.75 Å². The summed E-state index contributed by atoms with van der Waals surface area (Å²) in [6, 6.07) is 5.53. The molecule has 5 N–H and O–H groups in total. The number of rotatable bonds is 9. The lowest BCUT2D eigenvalue weighted by molar-refractivity contribution is -0.192. The monoisotopic (exact) mass is 640 g/mol. The Labute approximate surface area is 242 Å². The Morgan fingerprint density at radius 3 is 2.14 bits per heavy atom. The number of carbonyl (C=O) groups is 4. The number of carbonyl (C=O) groups excluding carboxylic acids is 3.